The van der Waals surface area contributed by atoms with Crippen molar-refractivity contribution in [1.82, 2.24) is 19.9 Å². The van der Waals surface area contributed by atoms with Gasteiger partial charge in [-0.25, -0.2) is 9.97 Å². The summed E-state index contributed by atoms with van der Waals surface area (Å²) in [6.07, 6.45) is 0.637. The number of benzene rings is 3. The highest BCUT2D eigenvalue weighted by Gasteiger charge is 2.09. The maximum atomic E-state index is 5.71. The Morgan fingerprint density at radius 3 is 2.20 bits per heavy atom. The van der Waals surface area contributed by atoms with Gasteiger partial charge in [-0.2, -0.15) is 0 Å². The van der Waals surface area contributed by atoms with Crippen molar-refractivity contribution in [2.45, 2.75) is 13.0 Å². The van der Waals surface area contributed by atoms with E-state index < -0.39 is 0 Å². The first-order valence-corrected chi connectivity index (χ1v) is 8.33. The molecule has 0 aliphatic heterocycles. The van der Waals surface area contributed by atoms with Gasteiger partial charge in [0, 0.05) is 6.54 Å². The van der Waals surface area contributed by atoms with E-state index in [0.29, 0.717) is 13.0 Å². The van der Waals surface area contributed by atoms with Gasteiger partial charge >= 0.3 is 0 Å². The van der Waals surface area contributed by atoms with Gasteiger partial charge in [-0.1, -0.05) is 30.3 Å². The van der Waals surface area contributed by atoms with Gasteiger partial charge in [0.05, 0.1) is 28.5 Å². The van der Waals surface area contributed by atoms with Crippen LogP contribution in [-0.4, -0.2) is 19.9 Å². The van der Waals surface area contributed by atoms with E-state index >= 15 is 0 Å². The Balaban J connectivity index is 1.53. The lowest BCUT2D eigenvalue weighted by Crippen LogP contribution is -1.95. The van der Waals surface area contributed by atoms with Gasteiger partial charge < -0.3 is 15.7 Å². The Kier molecular flexibility index (Phi) is 3.08. The Hall–Kier alpha value is -3.18. The highest BCUT2D eigenvalue weighted by atomic mass is 15.0. The molecule has 5 heteroatoms. The number of aromatic amines is 2. The minimum Gasteiger partial charge on any atom is -0.342 e. The summed E-state index contributed by atoms with van der Waals surface area (Å²) in [6, 6.07) is 18.7. The molecular weight excluding hydrogens is 310 g/mol. The molecule has 0 atom stereocenters. The number of rotatable bonds is 3. The van der Waals surface area contributed by atoms with Crippen molar-refractivity contribution < 1.29 is 0 Å². The predicted molar refractivity (Wildman–Crippen MR) is 100 cm³/mol. The van der Waals surface area contributed by atoms with Crippen molar-refractivity contribution >= 4 is 32.8 Å². The average molecular weight is 327 g/mol. The Bertz CT molecular complexity index is 1160. The summed E-state index contributed by atoms with van der Waals surface area (Å²) in [5.74, 6) is 1.80. The number of aromatic nitrogens is 4. The topological polar surface area (TPSA) is 83.4 Å². The van der Waals surface area contributed by atoms with Gasteiger partial charge in [0.25, 0.3) is 0 Å². The van der Waals surface area contributed by atoms with Crippen molar-refractivity contribution in [3.63, 3.8) is 0 Å². The number of nitrogens with zero attached hydrogens (tertiary/aromatic N) is 2. The van der Waals surface area contributed by atoms with E-state index in [2.05, 4.69) is 51.4 Å². The predicted octanol–water partition coefficient (Wildman–Crippen LogP) is 3.64. The molecule has 3 aromatic carbocycles. The van der Waals surface area contributed by atoms with Gasteiger partial charge in [0.1, 0.15) is 11.6 Å². The SMILES string of the molecule is NCc1ccc2nc(Cc3nc4cc5ccccc5cc4[nH]3)[nH]c2c1. The van der Waals surface area contributed by atoms with Crippen molar-refractivity contribution in [3.05, 3.63) is 71.8 Å². The normalized spacial score (nSPS) is 11.7. The molecule has 0 spiro atoms. The molecule has 0 aliphatic carbocycles. The monoisotopic (exact) mass is 327 g/mol. The maximum absolute atomic E-state index is 5.71. The third-order valence-electron chi connectivity index (χ3n) is 4.56. The number of H-pyrrole nitrogens is 2. The Labute approximate surface area is 143 Å². The Morgan fingerprint density at radius 1 is 0.760 bits per heavy atom. The van der Waals surface area contributed by atoms with Crippen molar-refractivity contribution in [3.8, 4) is 0 Å². The lowest BCUT2D eigenvalue weighted by atomic mass is 10.1. The summed E-state index contributed by atoms with van der Waals surface area (Å²) >= 11 is 0. The molecule has 5 aromatic rings. The van der Waals surface area contributed by atoms with Crippen LogP contribution in [0.1, 0.15) is 17.2 Å². The molecule has 0 bridgehead atoms. The molecule has 5 rings (SSSR count). The van der Waals surface area contributed by atoms with E-state index in [0.717, 1.165) is 39.3 Å². The molecule has 0 saturated heterocycles. The van der Waals surface area contributed by atoms with E-state index in [-0.39, 0.29) is 0 Å². The van der Waals surface area contributed by atoms with Crippen LogP contribution in [0.3, 0.4) is 0 Å². The Morgan fingerprint density at radius 2 is 1.44 bits per heavy atom. The molecule has 0 fully saturated rings. The van der Waals surface area contributed by atoms with Crippen LogP contribution in [0.4, 0.5) is 0 Å². The van der Waals surface area contributed by atoms with Crippen LogP contribution in [0.2, 0.25) is 0 Å². The number of hydrogen-bond acceptors (Lipinski definition) is 3. The summed E-state index contributed by atoms with van der Waals surface area (Å²) in [5, 5.41) is 2.41. The minimum absolute atomic E-state index is 0.529. The molecule has 25 heavy (non-hydrogen) atoms. The summed E-state index contributed by atoms with van der Waals surface area (Å²) < 4.78 is 0. The molecule has 2 aromatic heterocycles. The molecule has 122 valence electrons. The second-order valence-corrected chi connectivity index (χ2v) is 6.32. The lowest BCUT2D eigenvalue weighted by molar-refractivity contribution is 0.960. The summed E-state index contributed by atoms with van der Waals surface area (Å²) in [6.45, 7) is 0.529. The van der Waals surface area contributed by atoms with E-state index in [4.69, 9.17) is 10.7 Å². The lowest BCUT2D eigenvalue weighted by Gasteiger charge is -1.95. The zero-order valence-electron chi connectivity index (χ0n) is 13.6. The van der Waals surface area contributed by atoms with Gasteiger partial charge in [-0.15, -0.1) is 0 Å². The van der Waals surface area contributed by atoms with Gasteiger partial charge in [0.2, 0.25) is 0 Å². The number of fused-ring (bicyclic) bond motifs is 3. The summed E-state index contributed by atoms with van der Waals surface area (Å²) in [4.78, 5) is 16.2. The van der Waals surface area contributed by atoms with Crippen LogP contribution in [0.25, 0.3) is 32.8 Å². The fourth-order valence-electron chi connectivity index (χ4n) is 3.31. The standard InChI is InChI=1S/C20H17N5/c21-11-12-5-6-15-16(7-12)23-19(22-15)10-20-24-17-8-13-3-1-2-4-14(13)9-18(17)25-20/h1-9H,10-11,21H2,(H,22,23)(H,24,25). The largest absolute Gasteiger partial charge is 0.342 e. The molecule has 2 heterocycles. The van der Waals surface area contributed by atoms with Crippen LogP contribution in [-0.2, 0) is 13.0 Å². The van der Waals surface area contributed by atoms with E-state index in [1.165, 1.54) is 10.8 Å². The molecule has 4 N–H and O–H groups in total. The third-order valence-corrected chi connectivity index (χ3v) is 4.56. The zero-order chi connectivity index (χ0) is 16.8. The second kappa shape index (κ2) is 5.43. The van der Waals surface area contributed by atoms with Crippen LogP contribution in [0, 0.1) is 0 Å². The van der Waals surface area contributed by atoms with Crippen LogP contribution < -0.4 is 5.73 Å². The van der Waals surface area contributed by atoms with Gasteiger partial charge in [-0.3, -0.25) is 0 Å². The number of nitrogens with one attached hydrogen (secondary N) is 2. The number of imidazole rings is 2. The van der Waals surface area contributed by atoms with E-state index in [1.54, 1.807) is 0 Å². The smallest absolute Gasteiger partial charge is 0.114 e. The maximum Gasteiger partial charge on any atom is 0.114 e. The van der Waals surface area contributed by atoms with Crippen LogP contribution in [0.15, 0.2) is 54.6 Å². The molecule has 0 amide bonds. The number of hydrogen-bond donors (Lipinski definition) is 3. The zero-order valence-corrected chi connectivity index (χ0v) is 13.6. The minimum atomic E-state index is 0.529. The molecule has 0 aliphatic rings. The highest BCUT2D eigenvalue weighted by molar-refractivity contribution is 5.95. The number of nitrogens with two attached hydrogens (primary N) is 1. The van der Waals surface area contributed by atoms with Gasteiger partial charge in [-0.05, 0) is 40.6 Å². The van der Waals surface area contributed by atoms with Crippen molar-refractivity contribution in [1.29, 1.82) is 0 Å². The summed E-state index contributed by atoms with van der Waals surface area (Å²) in [5.41, 5.74) is 10.8. The van der Waals surface area contributed by atoms with E-state index in [9.17, 15) is 0 Å². The molecular formula is C20H17N5. The third kappa shape index (κ3) is 2.45. The summed E-state index contributed by atoms with van der Waals surface area (Å²) in [7, 11) is 0. The molecule has 5 nitrogen and oxygen atoms in total. The van der Waals surface area contributed by atoms with Crippen LogP contribution in [0.5, 0.6) is 0 Å². The van der Waals surface area contributed by atoms with Crippen LogP contribution >= 0.6 is 0 Å². The quantitative estimate of drug-likeness (QED) is 0.473. The fourth-order valence-corrected chi connectivity index (χ4v) is 3.31. The van der Waals surface area contributed by atoms with E-state index in [1.807, 2.05) is 18.2 Å². The second-order valence-electron chi connectivity index (χ2n) is 6.32. The molecule has 0 saturated carbocycles. The van der Waals surface area contributed by atoms with Crippen molar-refractivity contribution in [2.75, 3.05) is 0 Å². The fraction of sp³-hybridized carbons (Fsp3) is 0.100. The van der Waals surface area contributed by atoms with Crippen molar-refractivity contribution in [2.24, 2.45) is 5.73 Å². The average Bonchev–Trinajstić information content (AvgIpc) is 3.21. The first kappa shape index (κ1) is 14.2. The molecule has 0 unspecified atom stereocenters. The van der Waals surface area contributed by atoms with Gasteiger partial charge in [0.15, 0.2) is 0 Å². The first-order chi connectivity index (χ1) is 12.3. The highest BCUT2D eigenvalue weighted by Crippen LogP contribution is 2.22. The first-order valence-electron chi connectivity index (χ1n) is 8.33. The molecule has 0 radical (unpaired) electrons.